The Kier molecular flexibility index (Phi) is 6.55. The summed E-state index contributed by atoms with van der Waals surface area (Å²) in [5.74, 6) is 1.98. The van der Waals surface area contributed by atoms with Gasteiger partial charge in [-0.05, 0) is 23.6 Å². The van der Waals surface area contributed by atoms with Gasteiger partial charge in [-0.2, -0.15) is 0 Å². The maximum atomic E-state index is 13.2. The van der Waals surface area contributed by atoms with E-state index in [-0.39, 0.29) is 18.1 Å². The van der Waals surface area contributed by atoms with Gasteiger partial charge >= 0.3 is 0 Å². The van der Waals surface area contributed by atoms with Crippen LogP contribution < -0.4 is 5.32 Å². The van der Waals surface area contributed by atoms with Crippen LogP contribution >= 0.6 is 0 Å². The fourth-order valence-electron chi connectivity index (χ4n) is 3.38. The van der Waals surface area contributed by atoms with E-state index in [1.807, 2.05) is 0 Å². The first-order chi connectivity index (χ1) is 13.0. The standard InChI is InChI=1S/C20H28FN5O/c1-3-15(2)14-25-8-7-18-23-24-19(26(18)10-9-25)13-22-20(27)12-16-5-4-6-17(21)11-16/h4-6,11,15H,3,7-10,12-14H2,1-2H3,(H,22,27). The minimum atomic E-state index is -0.329. The summed E-state index contributed by atoms with van der Waals surface area (Å²) < 4.78 is 15.4. The van der Waals surface area contributed by atoms with Crippen molar-refractivity contribution in [2.45, 2.75) is 46.2 Å². The summed E-state index contributed by atoms with van der Waals surface area (Å²) in [7, 11) is 0. The van der Waals surface area contributed by atoms with Crippen LogP contribution in [0.15, 0.2) is 24.3 Å². The van der Waals surface area contributed by atoms with Crippen LogP contribution in [0, 0.1) is 11.7 Å². The first-order valence-electron chi connectivity index (χ1n) is 9.69. The fourth-order valence-corrected chi connectivity index (χ4v) is 3.38. The highest BCUT2D eigenvalue weighted by Gasteiger charge is 2.19. The van der Waals surface area contributed by atoms with Gasteiger partial charge in [0.25, 0.3) is 0 Å². The molecule has 1 aliphatic heterocycles. The molecule has 7 heteroatoms. The predicted octanol–water partition coefficient (Wildman–Crippen LogP) is 2.18. The monoisotopic (exact) mass is 373 g/mol. The Hall–Kier alpha value is -2.28. The Morgan fingerprint density at radius 1 is 1.30 bits per heavy atom. The van der Waals surface area contributed by atoms with Gasteiger partial charge in [-0.3, -0.25) is 4.79 Å². The van der Waals surface area contributed by atoms with E-state index in [1.54, 1.807) is 12.1 Å². The number of amides is 1. The molecule has 2 heterocycles. The van der Waals surface area contributed by atoms with E-state index >= 15 is 0 Å². The molecule has 1 N–H and O–H groups in total. The SMILES string of the molecule is CCC(C)CN1CCc2nnc(CNC(=O)Cc3cccc(F)c3)n2CC1. The predicted molar refractivity (Wildman–Crippen MR) is 102 cm³/mol. The normalized spacial score (nSPS) is 15.8. The van der Waals surface area contributed by atoms with Crippen LogP contribution in [0.25, 0.3) is 0 Å². The molecule has 1 atom stereocenters. The van der Waals surface area contributed by atoms with Gasteiger partial charge < -0.3 is 14.8 Å². The minimum absolute atomic E-state index is 0.148. The second-order valence-corrected chi connectivity index (χ2v) is 7.33. The lowest BCUT2D eigenvalue weighted by Gasteiger charge is -2.22. The van der Waals surface area contributed by atoms with Gasteiger partial charge in [0.05, 0.1) is 13.0 Å². The molecule has 0 saturated heterocycles. The molecule has 1 amide bonds. The molecule has 1 aromatic carbocycles. The number of rotatable bonds is 7. The Balaban J connectivity index is 1.54. The first-order valence-corrected chi connectivity index (χ1v) is 9.69. The van der Waals surface area contributed by atoms with Gasteiger partial charge in [0.15, 0.2) is 5.82 Å². The highest BCUT2D eigenvalue weighted by molar-refractivity contribution is 5.78. The molecular weight excluding hydrogens is 345 g/mol. The molecule has 1 aliphatic rings. The van der Waals surface area contributed by atoms with Crippen LogP contribution in [0.3, 0.4) is 0 Å². The third kappa shape index (κ3) is 5.35. The van der Waals surface area contributed by atoms with Crippen LogP contribution in [-0.2, 0) is 30.7 Å². The van der Waals surface area contributed by atoms with Gasteiger partial charge in [0.1, 0.15) is 11.6 Å². The number of carbonyl (C=O) groups excluding carboxylic acids is 1. The molecule has 3 rings (SSSR count). The molecule has 6 nitrogen and oxygen atoms in total. The van der Waals surface area contributed by atoms with Crippen molar-refractivity contribution >= 4 is 5.91 Å². The summed E-state index contributed by atoms with van der Waals surface area (Å²) in [4.78, 5) is 14.6. The van der Waals surface area contributed by atoms with Crippen molar-refractivity contribution in [2.24, 2.45) is 5.92 Å². The van der Waals surface area contributed by atoms with E-state index in [9.17, 15) is 9.18 Å². The number of fused-ring (bicyclic) bond motifs is 1. The summed E-state index contributed by atoms with van der Waals surface area (Å²) in [5, 5.41) is 11.4. The Morgan fingerprint density at radius 2 is 2.15 bits per heavy atom. The first kappa shape index (κ1) is 19.5. The zero-order valence-corrected chi connectivity index (χ0v) is 16.1. The zero-order valence-electron chi connectivity index (χ0n) is 16.1. The highest BCUT2D eigenvalue weighted by atomic mass is 19.1. The van der Waals surface area contributed by atoms with E-state index in [2.05, 4.69) is 38.8 Å². The molecule has 0 bridgehead atoms. The number of carbonyl (C=O) groups is 1. The molecule has 2 aromatic rings. The summed E-state index contributed by atoms with van der Waals surface area (Å²) in [6.07, 6.45) is 2.22. The maximum absolute atomic E-state index is 13.2. The molecule has 0 radical (unpaired) electrons. The van der Waals surface area contributed by atoms with Crippen molar-refractivity contribution in [2.75, 3.05) is 19.6 Å². The molecule has 27 heavy (non-hydrogen) atoms. The number of hydrogen-bond donors (Lipinski definition) is 1. The smallest absolute Gasteiger partial charge is 0.224 e. The molecule has 0 fully saturated rings. The molecule has 0 aliphatic carbocycles. The summed E-state index contributed by atoms with van der Waals surface area (Å²) >= 11 is 0. The number of benzene rings is 1. The van der Waals surface area contributed by atoms with Crippen LogP contribution in [0.4, 0.5) is 4.39 Å². The van der Waals surface area contributed by atoms with Crippen LogP contribution in [0.5, 0.6) is 0 Å². The number of halogens is 1. The molecule has 0 saturated carbocycles. The van der Waals surface area contributed by atoms with Gasteiger partial charge in [0, 0.05) is 32.6 Å². The Morgan fingerprint density at radius 3 is 2.93 bits per heavy atom. The zero-order chi connectivity index (χ0) is 19.2. The van der Waals surface area contributed by atoms with Gasteiger partial charge in [-0.1, -0.05) is 32.4 Å². The molecular formula is C20H28FN5O. The summed E-state index contributed by atoms with van der Waals surface area (Å²) in [6.45, 7) is 8.76. The fraction of sp³-hybridized carbons (Fsp3) is 0.550. The third-order valence-corrected chi connectivity index (χ3v) is 5.16. The quantitative estimate of drug-likeness (QED) is 0.808. The minimum Gasteiger partial charge on any atom is -0.349 e. The van der Waals surface area contributed by atoms with E-state index in [0.29, 0.717) is 18.0 Å². The van der Waals surface area contributed by atoms with Gasteiger partial charge in [-0.25, -0.2) is 4.39 Å². The van der Waals surface area contributed by atoms with Crippen LogP contribution in [-0.4, -0.2) is 45.2 Å². The van der Waals surface area contributed by atoms with Gasteiger partial charge in [0.2, 0.25) is 5.91 Å². The number of aromatic nitrogens is 3. The largest absolute Gasteiger partial charge is 0.349 e. The Labute approximate surface area is 159 Å². The average molecular weight is 373 g/mol. The van der Waals surface area contributed by atoms with E-state index < -0.39 is 0 Å². The van der Waals surface area contributed by atoms with Crippen molar-refractivity contribution in [1.82, 2.24) is 25.0 Å². The molecule has 1 unspecified atom stereocenters. The van der Waals surface area contributed by atoms with Crippen molar-refractivity contribution in [1.29, 1.82) is 0 Å². The highest BCUT2D eigenvalue weighted by Crippen LogP contribution is 2.12. The number of nitrogens with one attached hydrogen (secondary N) is 1. The Bertz CT molecular complexity index is 775. The number of hydrogen-bond acceptors (Lipinski definition) is 4. The average Bonchev–Trinajstić information content (AvgIpc) is 2.93. The van der Waals surface area contributed by atoms with E-state index in [0.717, 1.165) is 44.2 Å². The van der Waals surface area contributed by atoms with Crippen LogP contribution in [0.2, 0.25) is 0 Å². The molecule has 146 valence electrons. The summed E-state index contributed by atoms with van der Waals surface area (Å²) in [6, 6.07) is 6.12. The lowest BCUT2D eigenvalue weighted by molar-refractivity contribution is -0.120. The number of nitrogens with zero attached hydrogens (tertiary/aromatic N) is 4. The second-order valence-electron chi connectivity index (χ2n) is 7.33. The van der Waals surface area contributed by atoms with Crippen LogP contribution in [0.1, 0.15) is 37.5 Å². The molecule has 0 spiro atoms. The van der Waals surface area contributed by atoms with E-state index in [4.69, 9.17) is 0 Å². The topological polar surface area (TPSA) is 63.1 Å². The van der Waals surface area contributed by atoms with Gasteiger partial charge in [-0.15, -0.1) is 10.2 Å². The molecule has 1 aromatic heterocycles. The van der Waals surface area contributed by atoms with Crippen molar-refractivity contribution < 1.29 is 9.18 Å². The van der Waals surface area contributed by atoms with Crippen molar-refractivity contribution in [3.05, 3.63) is 47.3 Å². The second kappa shape index (κ2) is 9.08. The van der Waals surface area contributed by atoms with E-state index in [1.165, 1.54) is 18.6 Å². The van der Waals surface area contributed by atoms with Crippen molar-refractivity contribution in [3.8, 4) is 0 Å². The lowest BCUT2D eigenvalue weighted by atomic mass is 10.1. The maximum Gasteiger partial charge on any atom is 0.224 e. The third-order valence-electron chi connectivity index (χ3n) is 5.16. The summed E-state index contributed by atoms with van der Waals surface area (Å²) in [5.41, 5.74) is 0.660. The lowest BCUT2D eigenvalue weighted by Crippen LogP contribution is -2.31. The van der Waals surface area contributed by atoms with Crippen molar-refractivity contribution in [3.63, 3.8) is 0 Å².